The molecule has 0 N–H and O–H groups in total. The van der Waals surface area contributed by atoms with Crippen molar-refractivity contribution in [2.24, 2.45) is 35.5 Å². The van der Waals surface area contributed by atoms with E-state index >= 15 is 0 Å². The number of hydrogen-bond acceptors (Lipinski definition) is 0. The molecule has 6 fully saturated rings. The quantitative estimate of drug-likeness (QED) is 0.147. The Morgan fingerprint density at radius 2 is 0.897 bits per heavy atom. The first-order chi connectivity index (χ1) is 17.6. The van der Waals surface area contributed by atoms with Crippen LogP contribution in [0.15, 0.2) is 0 Å². The molecule has 2 heterocycles. The summed E-state index contributed by atoms with van der Waals surface area (Å²) in [5.74, 6) is 6.08. The number of halogens is 4. The molecule has 6 rings (SSSR count). The van der Waals surface area contributed by atoms with Crippen molar-refractivity contribution in [3.05, 3.63) is 25.7 Å². The Morgan fingerprint density at radius 1 is 0.590 bits per heavy atom. The van der Waals surface area contributed by atoms with Crippen LogP contribution >= 0.6 is 15.8 Å². The third-order valence-corrected chi connectivity index (χ3v) is 18.5. The Balaban J connectivity index is 0.000000266. The molecule has 2 aliphatic heterocycles. The summed E-state index contributed by atoms with van der Waals surface area (Å²) in [6, 6.07) is 0. The molecule has 2 bridgehead atoms. The van der Waals surface area contributed by atoms with Crippen LogP contribution < -0.4 is 0 Å². The van der Waals surface area contributed by atoms with Crippen LogP contribution in [0.3, 0.4) is 0 Å². The summed E-state index contributed by atoms with van der Waals surface area (Å²) in [4.78, 5) is 0. The molecule has 4 saturated carbocycles. The standard InChI is InChI=1S/C24H44P2.C7H8.BF4.Rh/c1-23(2,3)25-15-17-11-7-9-13-19(17)21(25)22-20-14-10-8-12-18(20)16-26(22)24(4,5)6;1-2-7-4-3-6(1)5-7;2-1(3,4)5;/h17-22H,7-16H2,1-6H3;1-4,6-7H,5H2;;/q;;-1;/t17-,18-,19+,20+,21+,22+,25+,26+;;;/m1.../s1. The molecule has 0 unspecified atom stereocenters. The van der Waals surface area contributed by atoms with Gasteiger partial charge in [-0.25, -0.2) is 0 Å². The van der Waals surface area contributed by atoms with Crippen LogP contribution in [0, 0.1) is 61.2 Å². The van der Waals surface area contributed by atoms with Gasteiger partial charge in [0, 0.05) is 19.5 Å². The van der Waals surface area contributed by atoms with Gasteiger partial charge in [-0.05, 0) is 127 Å². The van der Waals surface area contributed by atoms with Crippen LogP contribution in [0.4, 0.5) is 17.3 Å². The topological polar surface area (TPSA) is 0 Å². The zero-order chi connectivity index (χ0) is 27.9. The van der Waals surface area contributed by atoms with Crippen molar-refractivity contribution in [2.45, 2.75) is 121 Å². The Bertz CT molecular complexity index is 697. The second kappa shape index (κ2) is 13.9. The third kappa shape index (κ3) is 9.14. The molecule has 0 aromatic heterocycles. The van der Waals surface area contributed by atoms with Gasteiger partial charge in [-0.1, -0.05) is 83.1 Å². The average Bonchev–Trinajstić information content (AvgIpc) is 3.58. The maximum absolute atomic E-state index is 9.75. The molecule has 39 heavy (non-hydrogen) atoms. The van der Waals surface area contributed by atoms with Gasteiger partial charge >= 0.3 is 7.25 Å². The summed E-state index contributed by atoms with van der Waals surface area (Å²) >= 11 is 0. The Kier molecular flexibility index (Phi) is 12.4. The van der Waals surface area contributed by atoms with Crippen LogP contribution in [0.5, 0.6) is 0 Å². The number of fused-ring (bicyclic) bond motifs is 4. The van der Waals surface area contributed by atoms with Crippen molar-refractivity contribution >= 4 is 23.1 Å². The van der Waals surface area contributed by atoms with E-state index in [0.717, 1.165) is 46.8 Å². The molecule has 0 aromatic rings. The smallest absolute Gasteiger partial charge is 0.418 e. The van der Waals surface area contributed by atoms with Gasteiger partial charge in [0.1, 0.15) is 0 Å². The predicted molar refractivity (Wildman–Crippen MR) is 161 cm³/mol. The molecule has 0 nitrogen and oxygen atoms in total. The zero-order valence-corrected chi connectivity index (χ0v) is 28.5. The second-order valence-corrected chi connectivity index (χ2v) is 21.4. The van der Waals surface area contributed by atoms with Crippen LogP contribution in [0.2, 0.25) is 0 Å². The van der Waals surface area contributed by atoms with Crippen LogP contribution in [-0.4, -0.2) is 41.2 Å². The average molecular weight is 676 g/mol. The van der Waals surface area contributed by atoms with Crippen molar-refractivity contribution in [3.8, 4) is 0 Å². The normalized spacial score (nSPS) is 41.4. The monoisotopic (exact) mass is 676 g/mol. The van der Waals surface area contributed by atoms with Gasteiger partial charge in [-0.2, -0.15) is 0 Å². The molecule has 4 aliphatic carbocycles. The first-order valence-electron chi connectivity index (χ1n) is 15.4. The molecule has 0 amide bonds. The largest absolute Gasteiger partial charge is 0.673 e. The maximum Gasteiger partial charge on any atom is 0.673 e. The minimum Gasteiger partial charge on any atom is -0.418 e. The molecule has 0 spiro atoms. The Labute approximate surface area is 253 Å². The zero-order valence-electron chi connectivity index (χ0n) is 25.0. The van der Waals surface area contributed by atoms with Crippen molar-refractivity contribution in [2.75, 3.05) is 12.3 Å². The summed E-state index contributed by atoms with van der Waals surface area (Å²) in [5, 5.41) is 1.14. The van der Waals surface area contributed by atoms with Crippen molar-refractivity contribution in [3.63, 3.8) is 0 Å². The minimum absolute atomic E-state index is 0. The molecule has 6 aliphatic rings. The van der Waals surface area contributed by atoms with E-state index in [9.17, 15) is 17.3 Å². The van der Waals surface area contributed by atoms with E-state index in [0.29, 0.717) is 10.3 Å². The molecule has 5 radical (unpaired) electrons. The fraction of sp³-hybridized carbons (Fsp3) is 0.871. The van der Waals surface area contributed by atoms with Crippen molar-refractivity contribution in [1.29, 1.82) is 0 Å². The SMILES string of the molecule is CC(C)(C)[P@@]1C[C@H]2CCCC[C@@H]2[C@H]1[C@@H]1[C@H]2CCCC[C@@H]2C[P@]1C(C)(C)C.F[B-](F)(F)F.[CH]1[CH]C2[CH][CH]C1C2.[Rh]. The van der Waals surface area contributed by atoms with Crippen LogP contribution in [0.25, 0.3) is 0 Å². The third-order valence-electron chi connectivity index (χ3n) is 10.2. The predicted octanol–water partition coefficient (Wildman–Crippen LogP) is 10.7. The first kappa shape index (κ1) is 34.8. The number of rotatable bonds is 1. The summed E-state index contributed by atoms with van der Waals surface area (Å²) in [7, 11) is -5.60. The molecule has 0 aromatic carbocycles. The maximum atomic E-state index is 9.75. The van der Waals surface area contributed by atoms with Gasteiger partial charge in [0.05, 0.1) is 0 Å². The van der Waals surface area contributed by atoms with Gasteiger partial charge in [-0.3, -0.25) is 0 Å². The van der Waals surface area contributed by atoms with E-state index < -0.39 is 7.25 Å². The molecule has 227 valence electrons. The molecule has 2 saturated heterocycles. The fourth-order valence-electron chi connectivity index (χ4n) is 8.68. The summed E-state index contributed by atoms with van der Waals surface area (Å²) in [5.41, 5.74) is 2.27. The molecular formula is C31H52BF4P2Rh-. The fourth-order valence-corrected chi connectivity index (χ4v) is 17.8. The van der Waals surface area contributed by atoms with Crippen LogP contribution in [0.1, 0.15) is 99.3 Å². The Morgan fingerprint density at radius 3 is 1.15 bits per heavy atom. The van der Waals surface area contributed by atoms with E-state index in [2.05, 4.69) is 67.2 Å². The second-order valence-electron chi connectivity index (χ2n) is 14.9. The Hall–Kier alpha value is 1.27. The molecule has 8 heteroatoms. The van der Waals surface area contributed by atoms with Gasteiger partial charge in [-0.15, -0.1) is 0 Å². The van der Waals surface area contributed by atoms with E-state index in [1.54, 1.807) is 50.8 Å². The van der Waals surface area contributed by atoms with Gasteiger partial charge in [0.15, 0.2) is 0 Å². The summed E-state index contributed by atoms with van der Waals surface area (Å²) in [6.45, 7) is 15.6. The van der Waals surface area contributed by atoms with Crippen molar-refractivity contribution < 1.29 is 36.7 Å². The number of hydrogen-bond donors (Lipinski definition) is 0. The summed E-state index contributed by atoms with van der Waals surface area (Å²) < 4.78 is 39.0. The minimum atomic E-state index is -6.00. The molecule has 8 atom stereocenters. The van der Waals surface area contributed by atoms with Gasteiger partial charge in [0.2, 0.25) is 0 Å². The van der Waals surface area contributed by atoms with Crippen molar-refractivity contribution in [1.82, 2.24) is 0 Å². The summed E-state index contributed by atoms with van der Waals surface area (Å²) in [6.07, 6.45) is 26.3. The van der Waals surface area contributed by atoms with Gasteiger partial charge < -0.3 is 17.3 Å². The van der Waals surface area contributed by atoms with Crippen LogP contribution in [-0.2, 0) is 19.5 Å². The molecular weight excluding hydrogens is 624 g/mol. The van der Waals surface area contributed by atoms with E-state index in [4.69, 9.17) is 0 Å². The van der Waals surface area contributed by atoms with E-state index in [1.165, 1.54) is 19.3 Å². The van der Waals surface area contributed by atoms with E-state index in [1.807, 2.05) is 0 Å². The first-order valence-corrected chi connectivity index (χ1v) is 18.6. The van der Waals surface area contributed by atoms with Gasteiger partial charge in [0.25, 0.3) is 0 Å². The van der Waals surface area contributed by atoms with E-state index in [-0.39, 0.29) is 35.3 Å².